The highest BCUT2D eigenvalue weighted by atomic mass is 32.1. The molecule has 164 valence electrons. The minimum atomic E-state index is -0.346. The summed E-state index contributed by atoms with van der Waals surface area (Å²) in [5.41, 5.74) is 3.20. The Kier molecular flexibility index (Phi) is 6.81. The van der Waals surface area contributed by atoms with Gasteiger partial charge in [0.2, 0.25) is 6.79 Å². The summed E-state index contributed by atoms with van der Waals surface area (Å²) in [4.78, 5) is 18.3. The topological polar surface area (TPSA) is 72.9 Å². The lowest BCUT2D eigenvalue weighted by Gasteiger charge is -2.26. The second-order valence-electron chi connectivity index (χ2n) is 7.09. The maximum absolute atomic E-state index is 11.9. The number of esters is 1. The molecule has 1 aliphatic heterocycles. The van der Waals surface area contributed by atoms with Crippen LogP contribution < -0.4 is 14.8 Å². The molecule has 0 atom stereocenters. The number of anilines is 1. The van der Waals surface area contributed by atoms with Gasteiger partial charge in [-0.15, -0.1) is 0 Å². The highest BCUT2D eigenvalue weighted by Crippen LogP contribution is 2.33. The first-order chi connectivity index (χ1) is 15.6. The van der Waals surface area contributed by atoms with E-state index in [0.29, 0.717) is 30.4 Å². The number of rotatable bonds is 7. The number of carbonyl (C=O) groups excluding carboxylic acids is 1. The normalized spacial score (nSPS) is 11.7. The number of thiocarbonyl (C=S) groups is 1. The fourth-order valence-corrected chi connectivity index (χ4v) is 3.50. The molecular formula is C24H23N3O4S. The Morgan fingerprint density at radius 3 is 2.66 bits per heavy atom. The minimum Gasteiger partial charge on any atom is -0.462 e. The summed E-state index contributed by atoms with van der Waals surface area (Å²) in [6.45, 7) is 3.44. The van der Waals surface area contributed by atoms with Gasteiger partial charge in [-0.05, 0) is 73.2 Å². The molecule has 2 aromatic carbocycles. The number of hydrogen-bond acceptors (Lipinski definition) is 6. The molecular weight excluding hydrogens is 426 g/mol. The van der Waals surface area contributed by atoms with Crippen molar-refractivity contribution in [1.82, 2.24) is 9.88 Å². The summed E-state index contributed by atoms with van der Waals surface area (Å²) in [6, 6.07) is 18.7. The number of hydrogen-bond donors (Lipinski definition) is 1. The Hall–Kier alpha value is -3.65. The van der Waals surface area contributed by atoms with Crippen LogP contribution in [-0.4, -0.2) is 34.4 Å². The summed E-state index contributed by atoms with van der Waals surface area (Å²) in [7, 11) is 0. The quantitative estimate of drug-likeness (QED) is 0.421. The van der Waals surface area contributed by atoms with Crippen molar-refractivity contribution in [3.63, 3.8) is 0 Å². The average Bonchev–Trinajstić information content (AvgIpc) is 3.28. The van der Waals surface area contributed by atoms with Crippen LogP contribution in [0.1, 0.15) is 28.5 Å². The zero-order valence-electron chi connectivity index (χ0n) is 17.6. The monoisotopic (exact) mass is 449 g/mol. The van der Waals surface area contributed by atoms with Crippen LogP contribution in [0.3, 0.4) is 0 Å². The van der Waals surface area contributed by atoms with Crippen LogP contribution in [0.2, 0.25) is 0 Å². The number of nitrogens with zero attached hydrogens (tertiary/aromatic N) is 2. The van der Waals surface area contributed by atoms with Crippen LogP contribution in [-0.2, 0) is 17.8 Å². The summed E-state index contributed by atoms with van der Waals surface area (Å²) >= 11 is 5.72. The van der Waals surface area contributed by atoms with Gasteiger partial charge in [-0.1, -0.05) is 12.1 Å². The van der Waals surface area contributed by atoms with Crippen molar-refractivity contribution in [2.45, 2.75) is 20.0 Å². The Balaban J connectivity index is 1.49. The van der Waals surface area contributed by atoms with E-state index in [4.69, 9.17) is 26.4 Å². The van der Waals surface area contributed by atoms with Gasteiger partial charge < -0.3 is 24.4 Å². The SMILES string of the molecule is CCOC(=O)c1ccc(NC(=S)N(Cc2ccc3c(c2)OCO3)Cc2ccccn2)cc1. The number of nitrogens with one attached hydrogen (secondary N) is 1. The lowest BCUT2D eigenvalue weighted by atomic mass is 10.2. The van der Waals surface area contributed by atoms with Gasteiger partial charge in [-0.25, -0.2) is 4.79 Å². The minimum absolute atomic E-state index is 0.234. The first-order valence-electron chi connectivity index (χ1n) is 10.2. The third kappa shape index (κ3) is 5.33. The molecule has 0 bridgehead atoms. The molecule has 0 unspecified atom stereocenters. The molecule has 2 heterocycles. The van der Waals surface area contributed by atoms with Crippen molar-refractivity contribution < 1.29 is 19.0 Å². The van der Waals surface area contributed by atoms with Crippen molar-refractivity contribution in [2.75, 3.05) is 18.7 Å². The van der Waals surface area contributed by atoms with Gasteiger partial charge in [0.1, 0.15) is 0 Å². The molecule has 1 N–H and O–H groups in total. The van der Waals surface area contributed by atoms with Gasteiger partial charge in [0, 0.05) is 18.4 Å². The highest BCUT2D eigenvalue weighted by molar-refractivity contribution is 7.80. The van der Waals surface area contributed by atoms with Crippen LogP contribution in [0, 0.1) is 0 Å². The summed E-state index contributed by atoms with van der Waals surface area (Å²) in [6.07, 6.45) is 1.76. The van der Waals surface area contributed by atoms with Crippen molar-refractivity contribution in [3.8, 4) is 11.5 Å². The summed E-state index contributed by atoms with van der Waals surface area (Å²) in [5, 5.41) is 3.79. The van der Waals surface area contributed by atoms with E-state index in [1.165, 1.54) is 0 Å². The zero-order chi connectivity index (χ0) is 22.3. The summed E-state index contributed by atoms with van der Waals surface area (Å²) in [5.74, 6) is 1.13. The first kappa shape index (κ1) is 21.6. The predicted molar refractivity (Wildman–Crippen MR) is 125 cm³/mol. The van der Waals surface area contributed by atoms with Crippen LogP contribution in [0.4, 0.5) is 5.69 Å². The molecule has 0 fully saturated rings. The second kappa shape index (κ2) is 10.1. The zero-order valence-corrected chi connectivity index (χ0v) is 18.4. The highest BCUT2D eigenvalue weighted by Gasteiger charge is 2.17. The molecule has 4 rings (SSSR count). The third-order valence-electron chi connectivity index (χ3n) is 4.82. The van der Waals surface area contributed by atoms with Gasteiger partial charge in [0.15, 0.2) is 16.6 Å². The Morgan fingerprint density at radius 1 is 1.09 bits per heavy atom. The maximum Gasteiger partial charge on any atom is 0.338 e. The number of aromatic nitrogens is 1. The van der Waals surface area contributed by atoms with E-state index in [9.17, 15) is 4.79 Å². The van der Waals surface area contributed by atoms with Crippen molar-refractivity contribution >= 4 is 29.0 Å². The van der Waals surface area contributed by atoms with E-state index < -0.39 is 0 Å². The molecule has 1 aliphatic rings. The smallest absolute Gasteiger partial charge is 0.338 e. The van der Waals surface area contributed by atoms with Crippen molar-refractivity contribution in [3.05, 3.63) is 83.7 Å². The molecule has 0 aliphatic carbocycles. The van der Waals surface area contributed by atoms with Crippen molar-refractivity contribution in [2.24, 2.45) is 0 Å². The first-order valence-corrected chi connectivity index (χ1v) is 10.6. The molecule has 32 heavy (non-hydrogen) atoms. The van der Waals surface area contributed by atoms with Gasteiger partial charge >= 0.3 is 5.97 Å². The number of fused-ring (bicyclic) bond motifs is 1. The molecule has 1 aromatic heterocycles. The van der Waals surface area contributed by atoms with E-state index in [1.807, 2.05) is 41.3 Å². The lowest BCUT2D eigenvalue weighted by Crippen LogP contribution is -2.34. The van der Waals surface area contributed by atoms with E-state index in [0.717, 1.165) is 28.4 Å². The third-order valence-corrected chi connectivity index (χ3v) is 5.18. The Labute approximate surface area is 191 Å². The van der Waals surface area contributed by atoms with Crippen LogP contribution in [0.5, 0.6) is 11.5 Å². The van der Waals surface area contributed by atoms with E-state index in [1.54, 1.807) is 37.4 Å². The van der Waals surface area contributed by atoms with E-state index in [2.05, 4.69) is 10.3 Å². The number of carbonyl (C=O) groups is 1. The molecule has 0 saturated carbocycles. The molecule has 8 heteroatoms. The van der Waals surface area contributed by atoms with Crippen LogP contribution in [0.25, 0.3) is 0 Å². The Bertz CT molecular complexity index is 1090. The predicted octanol–water partition coefficient (Wildman–Crippen LogP) is 4.39. The molecule has 0 radical (unpaired) electrons. The fourth-order valence-electron chi connectivity index (χ4n) is 3.25. The average molecular weight is 450 g/mol. The van der Waals surface area contributed by atoms with Gasteiger partial charge in [-0.3, -0.25) is 4.98 Å². The summed E-state index contributed by atoms with van der Waals surface area (Å²) < 4.78 is 15.9. The second-order valence-corrected chi connectivity index (χ2v) is 7.48. The number of ether oxygens (including phenoxy) is 3. The van der Waals surface area contributed by atoms with Gasteiger partial charge in [-0.2, -0.15) is 0 Å². The maximum atomic E-state index is 11.9. The van der Waals surface area contributed by atoms with Crippen LogP contribution in [0.15, 0.2) is 66.9 Å². The van der Waals surface area contributed by atoms with Crippen LogP contribution >= 0.6 is 12.2 Å². The molecule has 3 aromatic rings. The Morgan fingerprint density at radius 2 is 1.91 bits per heavy atom. The van der Waals surface area contributed by atoms with E-state index in [-0.39, 0.29) is 12.8 Å². The standard InChI is InChI=1S/C24H23N3O4S/c1-2-29-23(28)18-7-9-19(10-8-18)26-24(32)27(15-20-5-3-4-12-25-20)14-17-6-11-21-22(13-17)31-16-30-21/h3-13H,2,14-16H2,1H3,(H,26,32). The van der Waals surface area contributed by atoms with Gasteiger partial charge in [0.05, 0.1) is 24.4 Å². The van der Waals surface area contributed by atoms with Crippen molar-refractivity contribution in [1.29, 1.82) is 0 Å². The molecule has 0 saturated heterocycles. The molecule has 0 spiro atoms. The van der Waals surface area contributed by atoms with Gasteiger partial charge in [0.25, 0.3) is 0 Å². The fraction of sp³-hybridized carbons (Fsp3) is 0.208. The molecule has 7 nitrogen and oxygen atoms in total. The van der Waals surface area contributed by atoms with E-state index >= 15 is 0 Å². The molecule has 0 amide bonds. The lowest BCUT2D eigenvalue weighted by molar-refractivity contribution is 0.0526. The number of pyridine rings is 1. The largest absolute Gasteiger partial charge is 0.462 e. The number of benzene rings is 2.